The van der Waals surface area contributed by atoms with Gasteiger partial charge in [0.15, 0.2) is 0 Å². The van der Waals surface area contributed by atoms with Crippen molar-refractivity contribution in [2.75, 3.05) is 26.2 Å². The molecule has 47 nitrogen and oxygen atoms in total. The minimum atomic E-state index is -1.59. The van der Waals surface area contributed by atoms with Crippen molar-refractivity contribution in [3.63, 3.8) is 0 Å². The zero-order valence-corrected chi connectivity index (χ0v) is 82.2. The Morgan fingerprint density at radius 3 is 1.21 bits per heavy atom. The minimum Gasteiger partial charge on any atom is -0.508 e. The number of unbranched alkanes of at least 4 members (excludes halogenated alkanes) is 2. The van der Waals surface area contributed by atoms with E-state index in [1.807, 2.05) is 55.4 Å². The molecule has 17 atom stereocenters. The first-order chi connectivity index (χ1) is 63.6. The molecule has 0 fully saturated rings. The van der Waals surface area contributed by atoms with Crippen LogP contribution >= 0.6 is 0 Å². The number of aromatic hydroxyl groups is 1. The number of phenols is 1. The van der Waals surface area contributed by atoms with Crippen LogP contribution in [0, 0.1) is 23.7 Å². The van der Waals surface area contributed by atoms with Crippen molar-refractivity contribution >= 4 is 112 Å². The van der Waals surface area contributed by atoms with E-state index in [0.29, 0.717) is 81.4 Å². The highest BCUT2D eigenvalue weighted by molar-refractivity contribution is 6.01. The van der Waals surface area contributed by atoms with Gasteiger partial charge < -0.3 is 140 Å². The van der Waals surface area contributed by atoms with Gasteiger partial charge in [-0.2, -0.15) is 0 Å². The van der Waals surface area contributed by atoms with Crippen molar-refractivity contribution < 1.29 is 118 Å². The van der Waals surface area contributed by atoms with Gasteiger partial charge in [-0.1, -0.05) is 125 Å². The zero-order chi connectivity index (χ0) is 102. The summed E-state index contributed by atoms with van der Waals surface area (Å²) in [6.45, 7) is 27.2. The number of primary amides is 2. The Morgan fingerprint density at radius 2 is 0.775 bits per heavy atom. The second-order valence-electron chi connectivity index (χ2n) is 34.9. The number of nitrogens with one attached hydrogen (secondary N) is 18. The summed E-state index contributed by atoms with van der Waals surface area (Å²) in [4.78, 5) is 256. The van der Waals surface area contributed by atoms with Gasteiger partial charge in [0, 0.05) is 44.6 Å². The molecule has 1 heterocycles. The molecular weight excluding hydrogens is 1800 g/mol. The Bertz CT molecular complexity index is 4340. The van der Waals surface area contributed by atoms with Crippen LogP contribution in [0.4, 0.5) is 0 Å². The van der Waals surface area contributed by atoms with E-state index in [4.69, 9.17) is 22.9 Å². The van der Waals surface area contributed by atoms with Crippen LogP contribution in [0.25, 0.3) is 0 Å². The number of carbonyl (C=O) groups is 19. The molecule has 0 radical (unpaired) electrons. The molecule has 0 saturated heterocycles. The molecule has 0 aliphatic heterocycles. The summed E-state index contributed by atoms with van der Waals surface area (Å²) >= 11 is 0. The lowest BCUT2D eigenvalue weighted by Gasteiger charge is -2.30. The molecule has 0 saturated carbocycles. The van der Waals surface area contributed by atoms with Crippen molar-refractivity contribution in [2.24, 2.45) is 46.6 Å². The number of aromatic amines is 1. The summed E-state index contributed by atoms with van der Waals surface area (Å²) in [5, 5.41) is 63.6. The summed E-state index contributed by atoms with van der Waals surface area (Å²) in [5.41, 5.74) is 24.2. The second-order valence-corrected chi connectivity index (χ2v) is 34.9. The first-order valence-corrected chi connectivity index (χ1v) is 46.1. The van der Waals surface area contributed by atoms with E-state index in [1.165, 1.54) is 59.3 Å². The summed E-state index contributed by atoms with van der Waals surface area (Å²) in [7, 11) is 0. The molecule has 0 spiro atoms. The number of carboxylic acids is 1. The monoisotopic (exact) mass is 1950 g/mol. The molecule has 0 aliphatic rings. The molecular formula is C91H155N23O24. The van der Waals surface area contributed by atoms with Gasteiger partial charge >= 0.3 is 5.97 Å². The number of hydrogen-bond acceptors (Lipinski definition) is 24. The van der Waals surface area contributed by atoms with E-state index in [1.54, 1.807) is 63.2 Å². The number of benzene rings is 2. The van der Waals surface area contributed by atoms with Crippen molar-refractivity contribution in [1.82, 2.24) is 100 Å². The van der Waals surface area contributed by atoms with Crippen LogP contribution in [0.15, 0.2) is 67.1 Å². The Morgan fingerprint density at radius 1 is 0.391 bits per heavy atom. The van der Waals surface area contributed by atoms with E-state index in [9.17, 15) is 101 Å². The Balaban J connectivity index is 0. The maximum atomic E-state index is 14.4. The number of carboxylic acid groups (broad SMARTS) is 1. The van der Waals surface area contributed by atoms with Crippen LogP contribution in [0.5, 0.6) is 5.75 Å². The maximum Gasteiger partial charge on any atom is 0.321 e. The highest BCUT2D eigenvalue weighted by Gasteiger charge is 2.39. The summed E-state index contributed by atoms with van der Waals surface area (Å²) in [6.07, 6.45) is 6.47. The highest BCUT2D eigenvalue weighted by Crippen LogP contribution is 2.18. The third-order valence-electron chi connectivity index (χ3n) is 21.4. The molecule has 18 amide bonds. The van der Waals surface area contributed by atoms with Crippen LogP contribution in [0.2, 0.25) is 0 Å². The predicted octanol–water partition coefficient (Wildman–Crippen LogP) is -4.78. The molecule has 34 N–H and O–H groups in total. The smallest absolute Gasteiger partial charge is 0.321 e. The van der Waals surface area contributed by atoms with Crippen molar-refractivity contribution in [2.45, 2.75) is 317 Å². The Hall–Kier alpha value is -12.9. The Labute approximate surface area is 806 Å². The molecule has 3 rings (SSSR count). The van der Waals surface area contributed by atoms with E-state index < -0.39 is 228 Å². The Kier molecular flexibility index (Phi) is 62.1. The summed E-state index contributed by atoms with van der Waals surface area (Å²) < 4.78 is 0. The predicted molar refractivity (Wildman–Crippen MR) is 512 cm³/mol. The molecule has 3 aromatic rings. The molecule has 1 aromatic heterocycles. The lowest BCUT2D eigenvalue weighted by molar-refractivity contribution is -0.140. The van der Waals surface area contributed by atoms with Gasteiger partial charge in [-0.25, -0.2) is 4.98 Å². The lowest BCUT2D eigenvalue weighted by atomic mass is 9.96. The number of nitrogens with zero attached hydrogens (tertiary/aromatic N) is 1. The number of likely N-dealkylation sites (N-methyl/N-ethyl adjacent to an activating group) is 1. The first kappa shape index (κ1) is 127. The number of amides is 18. The molecule has 0 unspecified atom stereocenters. The van der Waals surface area contributed by atoms with Gasteiger partial charge in [-0.15, -0.1) is 0 Å². The van der Waals surface area contributed by atoms with Crippen molar-refractivity contribution in [3.8, 4) is 5.75 Å². The maximum absolute atomic E-state index is 14.4. The summed E-state index contributed by atoms with van der Waals surface area (Å²) in [6, 6.07) is -3.65. The van der Waals surface area contributed by atoms with Crippen LogP contribution < -0.4 is 113 Å². The SMILES string of the molecule is CCC[C@H](NC(C)=O)C(=O)N[C@@H](CC(C)C)C(=O)N[C@@H](Cc1ccccc1)C(=O)N[C@@H](CCCCN)C(=O)N[C@@H](CC)C(=O)N[C@H](C(=O)N[C@@H](CC(C)C)C(=O)N[C@@H](Cc1ccc(O)cc1)C(N)=O)[C@@H](C)CC.CCNC(=O)[C@H](C)NC(=O)[C@H](CCCCN)NC(=O)[C@H](CC(C)C)NC(=O)[C@H](C)NC(=O)[C@H](C)NC(=O)[C@H](CC(N)=O)NC(=O)[C@H](C)NC(=O)CN[C@@H](Cc1cnc[nH]1)C(=O)O.O.O.O. The first-order valence-electron chi connectivity index (χ1n) is 46.1. The number of phenolic OH excluding ortho intramolecular Hbond substituents is 1. The van der Waals surface area contributed by atoms with Gasteiger partial charge in [-0.3, -0.25) is 96.4 Å². The quantitative estimate of drug-likeness (QED) is 0.0236. The van der Waals surface area contributed by atoms with Crippen LogP contribution in [0.3, 0.4) is 0 Å². The second kappa shape index (κ2) is 67.4. The zero-order valence-electron chi connectivity index (χ0n) is 82.2. The average Bonchev–Trinajstić information content (AvgIpc) is 0.903. The number of aromatic nitrogens is 2. The van der Waals surface area contributed by atoms with Gasteiger partial charge in [0.25, 0.3) is 0 Å². The average molecular weight is 1960 g/mol. The lowest BCUT2D eigenvalue weighted by Crippen LogP contribution is -2.61. The number of hydrogen-bond donors (Lipinski definition) is 24. The molecule has 138 heavy (non-hydrogen) atoms. The third kappa shape index (κ3) is 49.2. The van der Waals surface area contributed by atoms with Gasteiger partial charge in [0.1, 0.15) is 102 Å². The number of carbonyl (C=O) groups excluding carboxylic acids is 18. The number of rotatable bonds is 62. The van der Waals surface area contributed by atoms with E-state index in [0.717, 1.165) is 0 Å². The van der Waals surface area contributed by atoms with E-state index in [-0.39, 0.29) is 97.7 Å². The van der Waals surface area contributed by atoms with Crippen molar-refractivity contribution in [3.05, 3.63) is 83.9 Å². The number of imidazole rings is 1. The van der Waals surface area contributed by atoms with Gasteiger partial charge in [0.05, 0.1) is 19.3 Å². The number of H-pyrrole nitrogens is 1. The fraction of sp³-hybridized carbons (Fsp3) is 0.626. The molecule has 47 heteroatoms. The number of aliphatic carboxylic acids is 1. The molecule has 0 aliphatic carbocycles. The molecule has 0 bridgehead atoms. The standard InChI is InChI=1S/C53H84N10O10.C38H65N13O11.3H2O/c1-10-18-39(56-34(9)64)48(68)60-42(27-31(4)5)51(71)61-44(30-35-19-14-13-15-20-35)52(72)58-40(21-16-17-26-54)49(69)57-38(12-3)47(67)63-45(33(8)11-2)53(73)62-43(28-32(6)7)50(70)59-41(46(55)66)29-36-22-24-37(65)25-23-36;1-8-42-31(54)20(4)47-35(58)25(11-9-10-12-39)49-37(60)26(13-19(2)3)50-34(57)23(7)46-32(55)22(6)48-36(59)27(15-29(40)52)51-33(56)21(5)45-30(53)17-43-28(38(61)62)14-24-16-41-18-44-24;;;/h13-15,19-20,22-25,31-33,38-45,65H,10-12,16-18,21,26-30,54H2,1-9H3,(H2,55,66)(H,56,64)(H,57,69)(H,58,72)(H,59,70)(H,60,68)(H,61,71)(H,62,73)(H,63,67);16,18-23,25-28,43H,8-15,17,39H2,1-7H3,(H2,40,52)(H,41,44)(H,42,54)(H,45,53)(H,46,55)(H,47,58)(H,48,59)(H,49,60)(H,50,57)(H,51,56)(H,61,62);3*1H2/t33-,38-,39-,40-,41-,42-,43-,44-,45-;20-,21-,22-,23-,25-,26-,27-,28-;;;/m00.../s1. The van der Waals surface area contributed by atoms with Crippen molar-refractivity contribution in [1.29, 1.82) is 0 Å². The highest BCUT2D eigenvalue weighted by atomic mass is 16.4. The number of nitrogens with two attached hydrogens (primary N) is 4. The normalized spacial score (nSPS) is 14.6. The van der Waals surface area contributed by atoms with E-state index in [2.05, 4.69) is 100 Å². The fourth-order valence-corrected chi connectivity index (χ4v) is 13.7. The summed E-state index contributed by atoms with van der Waals surface area (Å²) in [5.74, 6) is -14.7. The largest absolute Gasteiger partial charge is 0.508 e. The fourth-order valence-electron chi connectivity index (χ4n) is 13.7. The van der Waals surface area contributed by atoms with E-state index >= 15 is 0 Å². The van der Waals surface area contributed by atoms with Crippen LogP contribution in [0.1, 0.15) is 217 Å². The third-order valence-corrected chi connectivity index (χ3v) is 21.4. The molecule has 2 aromatic carbocycles. The van der Waals surface area contributed by atoms with Crippen LogP contribution in [-0.2, 0) is 110 Å². The van der Waals surface area contributed by atoms with Crippen LogP contribution in [-0.4, -0.2) is 272 Å². The van der Waals surface area contributed by atoms with Gasteiger partial charge in [0.2, 0.25) is 106 Å². The topological polar surface area (TPSA) is 797 Å². The van der Waals surface area contributed by atoms with Gasteiger partial charge in [-0.05, 0) is 165 Å². The minimum absolute atomic E-state index is 0. The molecule has 778 valence electrons.